The Bertz CT molecular complexity index is 1080. The lowest BCUT2D eigenvalue weighted by atomic mass is 9.98. The standard InChI is InChI=1S/C22H23N3O3/c1-4-10-25-12-17-19(22(25)26)20(23)16-7-5-6-15(21(16)24-17)14-9-8-13(27-2)11-18(14)28-3/h5-9,11H,4,10,12H2,1-3H3,(H2,23,24). The number of nitrogens with two attached hydrogens (primary N) is 1. The molecule has 0 unspecified atom stereocenters. The lowest BCUT2D eigenvalue weighted by molar-refractivity contribution is 0.0779. The molecule has 1 aliphatic heterocycles. The van der Waals surface area contributed by atoms with Crippen molar-refractivity contribution in [1.82, 2.24) is 9.88 Å². The Balaban J connectivity index is 1.93. The minimum absolute atomic E-state index is 0.0313. The fraction of sp³-hybridized carbons (Fsp3) is 0.273. The average Bonchev–Trinajstić information content (AvgIpc) is 3.03. The highest BCUT2D eigenvalue weighted by molar-refractivity contribution is 6.11. The van der Waals surface area contributed by atoms with Crippen molar-refractivity contribution >= 4 is 22.5 Å². The maximum absolute atomic E-state index is 12.7. The molecular formula is C22H23N3O3. The lowest BCUT2D eigenvalue weighted by Gasteiger charge is -2.14. The topological polar surface area (TPSA) is 77.7 Å². The van der Waals surface area contributed by atoms with Crippen molar-refractivity contribution in [2.24, 2.45) is 0 Å². The summed E-state index contributed by atoms with van der Waals surface area (Å²) in [5, 5.41) is 0.779. The summed E-state index contributed by atoms with van der Waals surface area (Å²) >= 11 is 0. The second-order valence-corrected chi connectivity index (χ2v) is 6.84. The third-order valence-electron chi connectivity index (χ3n) is 5.16. The van der Waals surface area contributed by atoms with E-state index in [1.807, 2.05) is 36.4 Å². The number of hydrogen-bond donors (Lipinski definition) is 1. The zero-order valence-corrected chi connectivity index (χ0v) is 16.3. The number of nitrogens with zero attached hydrogens (tertiary/aromatic N) is 2. The summed E-state index contributed by atoms with van der Waals surface area (Å²) in [6.45, 7) is 3.25. The second kappa shape index (κ2) is 7.03. The Hall–Kier alpha value is -3.28. The number of carbonyl (C=O) groups is 1. The van der Waals surface area contributed by atoms with Crippen LogP contribution in [0, 0.1) is 0 Å². The third kappa shape index (κ3) is 2.72. The quantitative estimate of drug-likeness (QED) is 0.730. The van der Waals surface area contributed by atoms with Crippen molar-refractivity contribution in [3.63, 3.8) is 0 Å². The highest BCUT2D eigenvalue weighted by atomic mass is 16.5. The highest BCUT2D eigenvalue weighted by Crippen LogP contribution is 2.40. The van der Waals surface area contributed by atoms with Gasteiger partial charge in [0.2, 0.25) is 0 Å². The van der Waals surface area contributed by atoms with Gasteiger partial charge in [-0.05, 0) is 18.6 Å². The van der Waals surface area contributed by atoms with E-state index < -0.39 is 0 Å². The lowest BCUT2D eigenvalue weighted by Crippen LogP contribution is -2.24. The zero-order chi connectivity index (χ0) is 19.8. The van der Waals surface area contributed by atoms with E-state index in [9.17, 15) is 4.79 Å². The van der Waals surface area contributed by atoms with E-state index in [0.29, 0.717) is 30.1 Å². The van der Waals surface area contributed by atoms with Crippen molar-refractivity contribution in [3.05, 3.63) is 47.7 Å². The van der Waals surface area contributed by atoms with E-state index in [2.05, 4.69) is 6.92 Å². The number of benzene rings is 2. The number of hydrogen-bond acceptors (Lipinski definition) is 5. The van der Waals surface area contributed by atoms with Gasteiger partial charge < -0.3 is 20.1 Å². The molecule has 28 heavy (non-hydrogen) atoms. The van der Waals surface area contributed by atoms with E-state index in [1.165, 1.54) is 0 Å². The Kier molecular flexibility index (Phi) is 4.55. The number of nitrogen functional groups attached to an aromatic ring is 1. The molecule has 0 aliphatic carbocycles. The molecule has 0 radical (unpaired) electrons. The van der Waals surface area contributed by atoms with Gasteiger partial charge in [-0.25, -0.2) is 4.98 Å². The van der Waals surface area contributed by atoms with Crippen LogP contribution in [0.3, 0.4) is 0 Å². The zero-order valence-electron chi connectivity index (χ0n) is 16.3. The molecule has 0 bridgehead atoms. The number of ether oxygens (including phenoxy) is 2. The molecule has 3 aromatic rings. The van der Waals surface area contributed by atoms with E-state index >= 15 is 0 Å². The van der Waals surface area contributed by atoms with Gasteiger partial charge >= 0.3 is 0 Å². The number of fused-ring (bicyclic) bond motifs is 2. The summed E-state index contributed by atoms with van der Waals surface area (Å²) in [7, 11) is 3.25. The molecule has 2 heterocycles. The Labute approximate surface area is 163 Å². The molecule has 0 saturated heterocycles. The summed E-state index contributed by atoms with van der Waals surface area (Å²) in [6.07, 6.45) is 0.896. The van der Waals surface area contributed by atoms with Crippen molar-refractivity contribution in [1.29, 1.82) is 0 Å². The number of anilines is 1. The predicted octanol–water partition coefficient (Wildman–Crippen LogP) is 3.87. The Morgan fingerprint density at radius 3 is 2.68 bits per heavy atom. The molecule has 6 heteroatoms. The van der Waals surface area contributed by atoms with E-state index in [4.69, 9.17) is 20.2 Å². The van der Waals surface area contributed by atoms with Crippen LogP contribution in [0.15, 0.2) is 36.4 Å². The van der Waals surface area contributed by atoms with Crippen LogP contribution in [-0.2, 0) is 6.54 Å². The van der Waals surface area contributed by atoms with Gasteiger partial charge in [0.05, 0.1) is 43.2 Å². The molecule has 0 atom stereocenters. The Morgan fingerprint density at radius 2 is 1.96 bits per heavy atom. The molecule has 1 aromatic heterocycles. The number of aromatic nitrogens is 1. The normalized spacial score (nSPS) is 13.1. The molecule has 0 fully saturated rings. The van der Waals surface area contributed by atoms with Gasteiger partial charge in [0.25, 0.3) is 5.91 Å². The molecule has 2 N–H and O–H groups in total. The van der Waals surface area contributed by atoms with Gasteiger partial charge in [-0.3, -0.25) is 4.79 Å². The number of pyridine rings is 1. The van der Waals surface area contributed by atoms with Crippen LogP contribution in [0.25, 0.3) is 22.0 Å². The summed E-state index contributed by atoms with van der Waals surface area (Å²) in [4.78, 5) is 19.4. The SMILES string of the molecule is CCCN1Cc2nc3c(-c4ccc(OC)cc4OC)cccc3c(N)c2C1=O. The van der Waals surface area contributed by atoms with Gasteiger partial charge in [0, 0.05) is 29.1 Å². The van der Waals surface area contributed by atoms with Gasteiger partial charge in [0.1, 0.15) is 11.5 Å². The van der Waals surface area contributed by atoms with Gasteiger partial charge in [-0.15, -0.1) is 0 Å². The van der Waals surface area contributed by atoms with Crippen LogP contribution in [0.5, 0.6) is 11.5 Å². The number of rotatable bonds is 5. The van der Waals surface area contributed by atoms with E-state index in [0.717, 1.165) is 39.9 Å². The Morgan fingerprint density at radius 1 is 1.14 bits per heavy atom. The monoisotopic (exact) mass is 377 g/mol. The number of para-hydroxylation sites is 1. The molecule has 4 rings (SSSR count). The molecule has 144 valence electrons. The fourth-order valence-electron chi connectivity index (χ4n) is 3.81. The van der Waals surface area contributed by atoms with Crippen LogP contribution in [0.2, 0.25) is 0 Å². The molecule has 1 aliphatic rings. The minimum Gasteiger partial charge on any atom is -0.497 e. The van der Waals surface area contributed by atoms with E-state index in [1.54, 1.807) is 19.1 Å². The second-order valence-electron chi connectivity index (χ2n) is 6.84. The van der Waals surface area contributed by atoms with Crippen LogP contribution in [-0.4, -0.2) is 36.6 Å². The minimum atomic E-state index is -0.0313. The van der Waals surface area contributed by atoms with Gasteiger partial charge in [-0.2, -0.15) is 0 Å². The van der Waals surface area contributed by atoms with Crippen LogP contribution in [0.4, 0.5) is 5.69 Å². The third-order valence-corrected chi connectivity index (χ3v) is 5.16. The molecular weight excluding hydrogens is 354 g/mol. The smallest absolute Gasteiger partial charge is 0.258 e. The molecule has 6 nitrogen and oxygen atoms in total. The van der Waals surface area contributed by atoms with Crippen LogP contribution in [0.1, 0.15) is 29.4 Å². The van der Waals surface area contributed by atoms with Crippen molar-refractivity contribution < 1.29 is 14.3 Å². The molecule has 2 aromatic carbocycles. The summed E-state index contributed by atoms with van der Waals surface area (Å²) in [5.41, 5.74) is 10.8. The highest BCUT2D eigenvalue weighted by Gasteiger charge is 2.32. The predicted molar refractivity (Wildman–Crippen MR) is 110 cm³/mol. The van der Waals surface area contributed by atoms with Gasteiger partial charge in [-0.1, -0.05) is 25.1 Å². The van der Waals surface area contributed by atoms with Crippen LogP contribution >= 0.6 is 0 Å². The molecule has 0 saturated carbocycles. The van der Waals surface area contributed by atoms with Crippen molar-refractivity contribution in [2.45, 2.75) is 19.9 Å². The summed E-state index contributed by atoms with van der Waals surface area (Å²) < 4.78 is 10.9. The maximum atomic E-state index is 12.7. The fourth-order valence-corrected chi connectivity index (χ4v) is 3.81. The summed E-state index contributed by atoms with van der Waals surface area (Å²) in [5.74, 6) is 1.38. The largest absolute Gasteiger partial charge is 0.497 e. The first-order chi connectivity index (χ1) is 13.6. The van der Waals surface area contributed by atoms with Crippen molar-refractivity contribution in [2.75, 3.05) is 26.5 Å². The maximum Gasteiger partial charge on any atom is 0.258 e. The van der Waals surface area contributed by atoms with E-state index in [-0.39, 0.29) is 5.91 Å². The number of amides is 1. The average molecular weight is 377 g/mol. The summed E-state index contributed by atoms with van der Waals surface area (Å²) in [6, 6.07) is 11.5. The molecule has 1 amide bonds. The van der Waals surface area contributed by atoms with Crippen LogP contribution < -0.4 is 15.2 Å². The molecule has 0 spiro atoms. The number of methoxy groups -OCH3 is 2. The van der Waals surface area contributed by atoms with Gasteiger partial charge in [0.15, 0.2) is 0 Å². The number of carbonyl (C=O) groups excluding carboxylic acids is 1. The first-order valence-corrected chi connectivity index (χ1v) is 9.31. The first kappa shape index (κ1) is 18.1. The van der Waals surface area contributed by atoms with Crippen molar-refractivity contribution in [3.8, 4) is 22.6 Å². The first-order valence-electron chi connectivity index (χ1n) is 9.31.